The van der Waals surface area contributed by atoms with Crippen LogP contribution in [0.1, 0.15) is 38.7 Å². The van der Waals surface area contributed by atoms with Crippen molar-refractivity contribution in [2.24, 2.45) is 5.73 Å². The smallest absolute Gasteiger partial charge is 0.243 e. The Balaban J connectivity index is 2.36. The summed E-state index contributed by atoms with van der Waals surface area (Å²) in [5, 5.41) is 0. The first-order valence-corrected chi connectivity index (χ1v) is 8.77. The van der Waals surface area contributed by atoms with E-state index < -0.39 is 10.0 Å². The van der Waals surface area contributed by atoms with Gasteiger partial charge in [0.05, 0.1) is 4.90 Å². The highest BCUT2D eigenvalue weighted by Gasteiger charge is 2.35. The van der Waals surface area contributed by atoms with Crippen molar-refractivity contribution in [3.63, 3.8) is 0 Å². The lowest BCUT2D eigenvalue weighted by molar-refractivity contribution is 0.227. The maximum absolute atomic E-state index is 12.8. The molecule has 1 heterocycles. The maximum atomic E-state index is 12.8. The van der Waals surface area contributed by atoms with Crippen LogP contribution in [0.15, 0.2) is 29.2 Å². The standard InChI is InChI=1S/C15H24N2O2S/c1-3-13-7-6-8-14(11-13)20(18,19)17-10-5-4-9-15(17)12(2)16/h6-8,11-12,15H,3-5,9-10,16H2,1-2H3. The Labute approximate surface area is 122 Å². The Bertz CT molecular complexity index is 555. The molecule has 0 aromatic heterocycles. The van der Waals surface area contributed by atoms with Crippen LogP contribution in [0.3, 0.4) is 0 Å². The highest BCUT2D eigenvalue weighted by molar-refractivity contribution is 7.89. The predicted octanol–water partition coefficient (Wildman–Crippen LogP) is 2.14. The van der Waals surface area contributed by atoms with Crippen LogP contribution < -0.4 is 5.73 Å². The quantitative estimate of drug-likeness (QED) is 0.926. The molecule has 1 saturated heterocycles. The fourth-order valence-electron chi connectivity index (χ4n) is 2.82. The molecule has 0 amide bonds. The van der Waals surface area contributed by atoms with Gasteiger partial charge in [-0.3, -0.25) is 0 Å². The topological polar surface area (TPSA) is 63.4 Å². The van der Waals surface area contributed by atoms with Crippen molar-refractivity contribution in [1.29, 1.82) is 0 Å². The number of hydrogen-bond acceptors (Lipinski definition) is 3. The Morgan fingerprint density at radius 3 is 2.80 bits per heavy atom. The molecule has 1 aromatic carbocycles. The molecule has 2 atom stereocenters. The molecule has 2 rings (SSSR count). The molecule has 0 saturated carbocycles. The molecule has 112 valence electrons. The van der Waals surface area contributed by atoms with Gasteiger partial charge in [-0.05, 0) is 43.9 Å². The van der Waals surface area contributed by atoms with Gasteiger partial charge in [0.25, 0.3) is 0 Å². The number of piperidine rings is 1. The summed E-state index contributed by atoms with van der Waals surface area (Å²) < 4.78 is 27.3. The molecule has 4 nitrogen and oxygen atoms in total. The lowest BCUT2D eigenvalue weighted by atomic mass is 10.00. The first kappa shape index (κ1) is 15.5. The molecule has 0 bridgehead atoms. The molecule has 0 spiro atoms. The van der Waals surface area contributed by atoms with Gasteiger partial charge in [0.1, 0.15) is 0 Å². The molecule has 2 unspecified atom stereocenters. The van der Waals surface area contributed by atoms with Gasteiger partial charge < -0.3 is 5.73 Å². The maximum Gasteiger partial charge on any atom is 0.243 e. The number of hydrogen-bond donors (Lipinski definition) is 1. The van der Waals surface area contributed by atoms with E-state index in [9.17, 15) is 8.42 Å². The molecule has 1 fully saturated rings. The lowest BCUT2D eigenvalue weighted by Gasteiger charge is -2.36. The summed E-state index contributed by atoms with van der Waals surface area (Å²) in [6.45, 7) is 4.49. The molecule has 0 radical (unpaired) electrons. The van der Waals surface area contributed by atoms with Crippen molar-refractivity contribution in [2.75, 3.05) is 6.54 Å². The van der Waals surface area contributed by atoms with E-state index in [-0.39, 0.29) is 12.1 Å². The fourth-order valence-corrected chi connectivity index (χ4v) is 4.66. The van der Waals surface area contributed by atoms with Crippen molar-refractivity contribution in [3.8, 4) is 0 Å². The molecule has 2 N–H and O–H groups in total. The van der Waals surface area contributed by atoms with Crippen LogP contribution in [-0.4, -0.2) is 31.4 Å². The molecular formula is C15H24N2O2S. The second-order valence-electron chi connectivity index (χ2n) is 5.54. The van der Waals surface area contributed by atoms with Gasteiger partial charge in [-0.25, -0.2) is 8.42 Å². The van der Waals surface area contributed by atoms with Crippen molar-refractivity contribution >= 4 is 10.0 Å². The van der Waals surface area contributed by atoms with E-state index in [1.165, 1.54) is 0 Å². The Morgan fingerprint density at radius 2 is 2.15 bits per heavy atom. The summed E-state index contributed by atoms with van der Waals surface area (Å²) in [4.78, 5) is 0.393. The predicted molar refractivity (Wildman–Crippen MR) is 81.0 cm³/mol. The summed E-state index contributed by atoms with van der Waals surface area (Å²) in [6, 6.07) is 7.01. The van der Waals surface area contributed by atoms with E-state index >= 15 is 0 Å². The van der Waals surface area contributed by atoms with Crippen LogP contribution in [-0.2, 0) is 16.4 Å². The highest BCUT2D eigenvalue weighted by atomic mass is 32.2. The summed E-state index contributed by atoms with van der Waals surface area (Å²) in [7, 11) is -3.44. The monoisotopic (exact) mass is 296 g/mol. The van der Waals surface area contributed by atoms with E-state index in [0.29, 0.717) is 11.4 Å². The SMILES string of the molecule is CCc1cccc(S(=O)(=O)N2CCCCC2C(C)N)c1. The number of benzene rings is 1. The average Bonchev–Trinajstić information content (AvgIpc) is 2.47. The van der Waals surface area contributed by atoms with E-state index in [1.807, 2.05) is 26.0 Å². The number of nitrogens with two attached hydrogens (primary N) is 1. The Morgan fingerprint density at radius 1 is 1.40 bits per heavy atom. The largest absolute Gasteiger partial charge is 0.326 e. The van der Waals surface area contributed by atoms with E-state index in [1.54, 1.807) is 16.4 Å². The first-order valence-electron chi connectivity index (χ1n) is 7.33. The minimum atomic E-state index is -3.44. The van der Waals surface area contributed by atoms with Gasteiger partial charge in [-0.2, -0.15) is 4.31 Å². The van der Waals surface area contributed by atoms with Gasteiger partial charge in [-0.1, -0.05) is 25.5 Å². The summed E-state index contributed by atoms with van der Waals surface area (Å²) in [6.07, 6.45) is 3.65. The first-order chi connectivity index (χ1) is 9.46. The molecule has 1 aromatic rings. The van der Waals surface area contributed by atoms with Crippen molar-refractivity contribution < 1.29 is 8.42 Å². The zero-order valence-corrected chi connectivity index (χ0v) is 13.1. The molecule has 5 heteroatoms. The van der Waals surface area contributed by atoms with E-state index in [4.69, 9.17) is 5.73 Å². The number of aryl methyl sites for hydroxylation is 1. The minimum absolute atomic E-state index is 0.0842. The minimum Gasteiger partial charge on any atom is -0.326 e. The second-order valence-corrected chi connectivity index (χ2v) is 7.43. The van der Waals surface area contributed by atoms with Crippen molar-refractivity contribution in [3.05, 3.63) is 29.8 Å². The van der Waals surface area contributed by atoms with Gasteiger partial charge in [0, 0.05) is 18.6 Å². The van der Waals surface area contributed by atoms with Crippen LogP contribution in [0.4, 0.5) is 0 Å². The van der Waals surface area contributed by atoms with Crippen LogP contribution in [0, 0.1) is 0 Å². The van der Waals surface area contributed by atoms with Crippen LogP contribution in [0.5, 0.6) is 0 Å². The van der Waals surface area contributed by atoms with Crippen molar-refractivity contribution in [1.82, 2.24) is 4.31 Å². The van der Waals surface area contributed by atoms with Gasteiger partial charge >= 0.3 is 0 Å². The third-order valence-corrected chi connectivity index (χ3v) is 5.94. The number of rotatable bonds is 4. The molecule has 0 aliphatic carbocycles. The molecule has 1 aliphatic heterocycles. The summed E-state index contributed by atoms with van der Waals surface area (Å²) in [5.41, 5.74) is 7.02. The zero-order valence-electron chi connectivity index (χ0n) is 12.2. The Kier molecular flexibility index (Phi) is 4.83. The zero-order chi connectivity index (χ0) is 14.8. The van der Waals surface area contributed by atoms with Crippen LogP contribution in [0.25, 0.3) is 0 Å². The number of nitrogens with zero attached hydrogens (tertiary/aromatic N) is 1. The van der Waals surface area contributed by atoms with Gasteiger partial charge in [0.15, 0.2) is 0 Å². The Hall–Kier alpha value is -0.910. The third-order valence-electron chi connectivity index (χ3n) is 4.02. The van der Waals surface area contributed by atoms with Gasteiger partial charge in [-0.15, -0.1) is 0 Å². The lowest BCUT2D eigenvalue weighted by Crippen LogP contribution is -2.51. The normalized spacial score (nSPS) is 22.6. The van der Waals surface area contributed by atoms with Gasteiger partial charge in [0.2, 0.25) is 10.0 Å². The molecule has 1 aliphatic rings. The summed E-state index contributed by atoms with van der Waals surface area (Å²) in [5.74, 6) is 0. The van der Waals surface area contributed by atoms with E-state index in [0.717, 1.165) is 31.2 Å². The van der Waals surface area contributed by atoms with Crippen molar-refractivity contribution in [2.45, 2.75) is 56.5 Å². The third kappa shape index (κ3) is 3.05. The van der Waals surface area contributed by atoms with Crippen LogP contribution >= 0.6 is 0 Å². The summed E-state index contributed by atoms with van der Waals surface area (Å²) >= 11 is 0. The van der Waals surface area contributed by atoms with E-state index in [2.05, 4.69) is 0 Å². The molecular weight excluding hydrogens is 272 g/mol. The fraction of sp³-hybridized carbons (Fsp3) is 0.600. The average molecular weight is 296 g/mol. The number of sulfonamides is 1. The van der Waals surface area contributed by atoms with Crippen LogP contribution in [0.2, 0.25) is 0 Å². The highest BCUT2D eigenvalue weighted by Crippen LogP contribution is 2.27. The second kappa shape index (κ2) is 6.24. The molecule has 20 heavy (non-hydrogen) atoms.